The summed E-state index contributed by atoms with van der Waals surface area (Å²) in [5, 5.41) is 0. The number of hydrogen-bond acceptors (Lipinski definition) is 4. The number of rotatable bonds is 9. The minimum absolute atomic E-state index is 0.0525. The van der Waals surface area contributed by atoms with Crippen LogP contribution < -0.4 is 0 Å². The van der Waals surface area contributed by atoms with Crippen molar-refractivity contribution >= 4 is 25.9 Å². The Balaban J connectivity index is 3.24. The van der Waals surface area contributed by atoms with E-state index >= 15 is 0 Å². The Morgan fingerprint density at radius 2 is 1.28 bits per heavy atom. The molecule has 29 heavy (non-hydrogen) atoms. The summed E-state index contributed by atoms with van der Waals surface area (Å²) in [6.07, 6.45) is -5.72. The first-order valence-corrected chi connectivity index (χ1v) is 8.81. The maximum absolute atomic E-state index is 13.5. The number of nitrogens with zero attached hydrogens (tertiary/aromatic N) is 3. The molecule has 0 aromatic rings. The summed E-state index contributed by atoms with van der Waals surface area (Å²) in [6.45, 7) is -2.82. The van der Waals surface area contributed by atoms with Crippen LogP contribution in [0.4, 0.5) is 61.5 Å². The molecule has 0 N–H and O–H groups in total. The van der Waals surface area contributed by atoms with Crippen molar-refractivity contribution in [2.45, 2.75) is 42.0 Å². The fourth-order valence-corrected chi connectivity index (χ4v) is 3.94. The molecule has 0 spiro atoms. The summed E-state index contributed by atoms with van der Waals surface area (Å²) in [5.41, 5.74) is 0. The second kappa shape index (κ2) is 8.25. The molecule has 1 aliphatic rings. The predicted octanol–water partition coefficient (Wildman–Crippen LogP) is 6.91. The van der Waals surface area contributed by atoms with Crippen LogP contribution in [0.15, 0.2) is 9.03 Å². The molecule has 0 fully saturated rings. The molecule has 0 aromatic carbocycles. The van der Waals surface area contributed by atoms with Crippen LogP contribution in [0.2, 0.25) is 0 Å². The third-order valence-corrected chi connectivity index (χ3v) is 5.51. The summed E-state index contributed by atoms with van der Waals surface area (Å²) in [4.78, 5) is 3.91. The zero-order valence-electron chi connectivity index (χ0n) is 12.7. The Morgan fingerprint density at radius 3 is 1.69 bits per heavy atom. The molecule has 1 unspecified atom stereocenters. The zero-order valence-corrected chi connectivity index (χ0v) is 15.5. The zero-order chi connectivity index (χ0) is 23.1. The molecule has 1 heterocycles. The third kappa shape index (κ3) is 4.32. The molecule has 4 nitrogen and oxygen atoms in total. The minimum atomic E-state index is -8.04. The van der Waals surface area contributed by atoms with Gasteiger partial charge in [-0.15, -0.1) is 0 Å². The minimum Gasteiger partial charge on any atom is -0.277 e. The second-order valence-electron chi connectivity index (χ2n) is 4.94. The van der Waals surface area contributed by atoms with Crippen LogP contribution in [0, 0.1) is 0 Å². The van der Waals surface area contributed by atoms with Gasteiger partial charge in [0.15, 0.2) is 8.52 Å². The average Bonchev–Trinajstić information content (AvgIpc) is 2.59. The summed E-state index contributed by atoms with van der Waals surface area (Å²) in [7, 11) is -1.17. The Labute approximate surface area is 155 Å². The topological polar surface area (TPSA) is 37.2 Å². The van der Waals surface area contributed by atoms with Gasteiger partial charge in [-0.3, -0.25) is 4.84 Å². The predicted molar refractivity (Wildman–Crippen MR) is 70.5 cm³/mol. The van der Waals surface area contributed by atoms with Crippen molar-refractivity contribution in [3.05, 3.63) is 0 Å². The van der Waals surface area contributed by atoms with Crippen molar-refractivity contribution in [2.75, 3.05) is 6.61 Å². The van der Waals surface area contributed by atoms with Crippen LogP contribution in [0.5, 0.6) is 0 Å². The highest BCUT2D eigenvalue weighted by Gasteiger charge is 2.91. The van der Waals surface area contributed by atoms with Crippen molar-refractivity contribution in [3.8, 4) is 0 Å². The molecular formula is C8H4F14N3OP3. The molecule has 21 heteroatoms. The van der Waals surface area contributed by atoms with Gasteiger partial charge in [-0.25, -0.2) is 13.3 Å². The van der Waals surface area contributed by atoms with Gasteiger partial charge in [0.05, 0.1) is 0 Å². The highest BCUT2D eigenvalue weighted by molar-refractivity contribution is 7.55. The number of hydrogen-bond donors (Lipinski definition) is 0. The van der Waals surface area contributed by atoms with Gasteiger partial charge >= 0.3 is 42.0 Å². The molecule has 1 rings (SSSR count). The monoisotopic (exact) mass is 517 g/mol. The van der Waals surface area contributed by atoms with Gasteiger partial charge in [0, 0.05) is 0 Å². The normalized spacial score (nSPS) is 20.0. The fourth-order valence-electron chi connectivity index (χ4n) is 1.41. The molecule has 0 aromatic heterocycles. The smallest absolute Gasteiger partial charge is 0.277 e. The summed E-state index contributed by atoms with van der Waals surface area (Å²) < 4.78 is 189. The van der Waals surface area contributed by atoms with E-state index in [4.69, 9.17) is 0 Å². The molecule has 0 radical (unpaired) electrons. The van der Waals surface area contributed by atoms with E-state index in [-0.39, 0.29) is 21.7 Å². The molecule has 1 atom stereocenters. The van der Waals surface area contributed by atoms with Crippen molar-refractivity contribution in [3.63, 3.8) is 0 Å². The van der Waals surface area contributed by atoms with Gasteiger partial charge in [0.1, 0.15) is 24.0 Å². The maximum atomic E-state index is 13.5. The maximum Gasteiger partial charge on any atom is 0.384 e. The Morgan fingerprint density at radius 1 is 0.793 bits per heavy atom. The quantitative estimate of drug-likeness (QED) is 0.247. The standard InChI is InChI=1S/C8H4F14N3OP3/c9-2(10)4(13,14)6(17,18)8(21,22)7(19,20)5(15,16)3(11,12)1-26-25-28-23-27-24-29-25/h2,28H,1H2. The van der Waals surface area contributed by atoms with E-state index in [1.807, 2.05) is 0 Å². The van der Waals surface area contributed by atoms with Crippen LogP contribution in [0.25, 0.3) is 0 Å². The molecule has 0 amide bonds. The molecule has 0 aliphatic carbocycles. The Bertz CT molecular complexity index is 656. The van der Waals surface area contributed by atoms with E-state index in [9.17, 15) is 61.5 Å². The van der Waals surface area contributed by atoms with Crippen LogP contribution >= 0.6 is 25.9 Å². The lowest BCUT2D eigenvalue weighted by Gasteiger charge is -2.41. The van der Waals surface area contributed by atoms with E-state index in [0.717, 1.165) is 0 Å². The van der Waals surface area contributed by atoms with Gasteiger partial charge in [-0.05, 0) is 0 Å². The summed E-state index contributed by atoms with van der Waals surface area (Å²) in [5.74, 6) is -44.9. The number of halogens is 14. The third-order valence-electron chi connectivity index (χ3n) is 3.04. The van der Waals surface area contributed by atoms with E-state index in [1.165, 1.54) is 0 Å². The van der Waals surface area contributed by atoms with Crippen LogP contribution in [0.1, 0.15) is 0 Å². The molecule has 0 saturated heterocycles. The molecule has 0 bridgehead atoms. The van der Waals surface area contributed by atoms with Gasteiger partial charge in [0.25, 0.3) is 0 Å². The number of alkyl halides is 14. The van der Waals surface area contributed by atoms with E-state index in [2.05, 4.69) is 13.9 Å². The van der Waals surface area contributed by atoms with Crippen LogP contribution in [0.3, 0.4) is 0 Å². The van der Waals surface area contributed by atoms with E-state index < -0.39 is 57.4 Å². The Hall–Kier alpha value is -0.430. The lowest BCUT2D eigenvalue weighted by atomic mass is 9.91. The first-order valence-electron chi connectivity index (χ1n) is 6.31. The second-order valence-corrected chi connectivity index (χ2v) is 8.16. The van der Waals surface area contributed by atoms with Crippen LogP contribution in [-0.4, -0.2) is 53.2 Å². The van der Waals surface area contributed by atoms with Gasteiger partial charge in [0.2, 0.25) is 0 Å². The summed E-state index contributed by atoms with van der Waals surface area (Å²) in [6, 6.07) is 0. The van der Waals surface area contributed by atoms with Crippen molar-refractivity contribution < 1.29 is 66.3 Å². The van der Waals surface area contributed by atoms with E-state index in [0.29, 0.717) is 0 Å². The van der Waals surface area contributed by atoms with Crippen LogP contribution in [-0.2, 0) is 4.84 Å². The molecule has 170 valence electrons. The fraction of sp³-hybridized carbons (Fsp3) is 1.00. The van der Waals surface area contributed by atoms with Crippen molar-refractivity contribution in [1.82, 2.24) is 4.60 Å². The average molecular weight is 517 g/mol. The SMILES string of the molecule is FC(F)C(F)(F)C(F)(F)C(F)(F)C(F)(F)C(F)(F)C(F)(F)CON1P=NP=NP1. The highest BCUT2D eigenvalue weighted by atomic mass is 31.2. The summed E-state index contributed by atoms with van der Waals surface area (Å²) >= 11 is 0. The van der Waals surface area contributed by atoms with Gasteiger partial charge in [-0.2, -0.15) is 57.2 Å². The first kappa shape index (κ1) is 26.6. The molecule has 0 saturated carbocycles. The van der Waals surface area contributed by atoms with Crippen molar-refractivity contribution in [1.29, 1.82) is 0 Å². The van der Waals surface area contributed by atoms with Gasteiger partial charge < -0.3 is 0 Å². The largest absolute Gasteiger partial charge is 0.384 e. The lowest BCUT2D eigenvalue weighted by Crippen LogP contribution is -2.72. The highest BCUT2D eigenvalue weighted by Crippen LogP contribution is 2.60. The van der Waals surface area contributed by atoms with Crippen molar-refractivity contribution in [2.24, 2.45) is 9.03 Å². The first-order chi connectivity index (χ1) is 12.8. The molecular weight excluding hydrogens is 513 g/mol. The molecule has 1 aliphatic heterocycles. The Kier molecular flexibility index (Phi) is 7.57. The van der Waals surface area contributed by atoms with E-state index in [1.54, 1.807) is 0 Å². The van der Waals surface area contributed by atoms with Gasteiger partial charge in [-0.1, -0.05) is 4.60 Å². The lowest BCUT2D eigenvalue weighted by molar-refractivity contribution is -0.435.